The van der Waals surface area contributed by atoms with Crippen LogP contribution in [0.2, 0.25) is 0 Å². The van der Waals surface area contributed by atoms with Crippen LogP contribution in [0.1, 0.15) is 50.8 Å². The van der Waals surface area contributed by atoms with Gasteiger partial charge in [-0.05, 0) is 30.7 Å². The number of esters is 1. The molecule has 0 fully saturated rings. The highest BCUT2D eigenvalue weighted by atomic mass is 16.6. The van der Waals surface area contributed by atoms with E-state index in [1.165, 1.54) is 41.3 Å². The van der Waals surface area contributed by atoms with Crippen molar-refractivity contribution >= 4 is 23.5 Å². The Morgan fingerprint density at radius 3 is 2.56 bits per heavy atom. The average Bonchev–Trinajstić information content (AvgIpc) is 2.90. The fourth-order valence-corrected chi connectivity index (χ4v) is 2.76. The molecule has 1 aliphatic heterocycles. The topological polar surface area (TPSA) is 107 Å². The van der Waals surface area contributed by atoms with Crippen LogP contribution in [-0.4, -0.2) is 34.2 Å². The predicted molar refractivity (Wildman–Crippen MR) is 94.8 cm³/mol. The molecule has 138 valence electrons. The Morgan fingerprint density at radius 1 is 1.11 bits per heavy atom. The minimum Gasteiger partial charge on any atom is -0.423 e. The lowest BCUT2D eigenvalue weighted by molar-refractivity contribution is -0.384. The number of rotatable bonds is 6. The number of amides is 2. The summed E-state index contributed by atoms with van der Waals surface area (Å²) in [6.07, 6.45) is 1.54. The van der Waals surface area contributed by atoms with Crippen LogP contribution in [0.3, 0.4) is 0 Å². The van der Waals surface area contributed by atoms with Crippen LogP contribution in [0.25, 0.3) is 0 Å². The lowest BCUT2D eigenvalue weighted by Crippen LogP contribution is -2.30. The van der Waals surface area contributed by atoms with Crippen molar-refractivity contribution in [2.45, 2.75) is 19.8 Å². The average molecular weight is 368 g/mol. The van der Waals surface area contributed by atoms with E-state index in [1.807, 2.05) is 6.92 Å². The molecule has 0 unspecified atom stereocenters. The first kappa shape index (κ1) is 18.2. The normalized spacial score (nSPS) is 12.9. The largest absolute Gasteiger partial charge is 0.423 e. The summed E-state index contributed by atoms with van der Waals surface area (Å²) in [5.74, 6) is -1.57. The summed E-state index contributed by atoms with van der Waals surface area (Å²) < 4.78 is 5.15. The number of imide groups is 1. The maximum Gasteiger partial charge on any atom is 0.343 e. The van der Waals surface area contributed by atoms with Crippen molar-refractivity contribution in [3.8, 4) is 5.75 Å². The van der Waals surface area contributed by atoms with E-state index in [-0.39, 0.29) is 34.0 Å². The van der Waals surface area contributed by atoms with E-state index in [4.69, 9.17) is 4.74 Å². The minimum atomic E-state index is -0.773. The summed E-state index contributed by atoms with van der Waals surface area (Å²) in [7, 11) is 0. The fourth-order valence-electron chi connectivity index (χ4n) is 2.76. The zero-order chi connectivity index (χ0) is 19.6. The molecular formula is C19H16N2O6. The number of nitro groups is 1. The number of fused-ring (bicyclic) bond motifs is 1. The van der Waals surface area contributed by atoms with E-state index < -0.39 is 16.8 Å². The maximum absolute atomic E-state index is 12.4. The van der Waals surface area contributed by atoms with Crippen LogP contribution in [0, 0.1) is 10.1 Å². The Morgan fingerprint density at radius 2 is 1.85 bits per heavy atom. The SMILES string of the molecule is CCCCN1C(=O)c2ccc(C(=O)Oc3cccc([N+](=O)[O-])c3)cc2C1=O. The van der Waals surface area contributed by atoms with Gasteiger partial charge in [0.2, 0.25) is 0 Å². The molecule has 0 atom stereocenters. The second kappa shape index (κ2) is 7.36. The van der Waals surface area contributed by atoms with Gasteiger partial charge in [-0.25, -0.2) is 4.79 Å². The van der Waals surface area contributed by atoms with E-state index >= 15 is 0 Å². The van der Waals surface area contributed by atoms with Crippen molar-refractivity contribution in [3.05, 3.63) is 69.3 Å². The zero-order valence-corrected chi connectivity index (χ0v) is 14.5. The molecule has 0 bridgehead atoms. The molecule has 2 amide bonds. The van der Waals surface area contributed by atoms with Crippen molar-refractivity contribution < 1.29 is 24.0 Å². The fraction of sp³-hybridized carbons (Fsp3) is 0.211. The van der Waals surface area contributed by atoms with Crippen LogP contribution in [0.4, 0.5) is 5.69 Å². The Kier molecular flexibility index (Phi) is 4.98. The Balaban J connectivity index is 1.82. The highest BCUT2D eigenvalue weighted by molar-refractivity contribution is 6.22. The van der Waals surface area contributed by atoms with Crippen LogP contribution in [0.5, 0.6) is 5.75 Å². The molecule has 8 nitrogen and oxygen atoms in total. The van der Waals surface area contributed by atoms with Crippen molar-refractivity contribution in [3.63, 3.8) is 0 Å². The third kappa shape index (κ3) is 3.55. The first-order valence-corrected chi connectivity index (χ1v) is 8.39. The Hall–Kier alpha value is -3.55. The second-order valence-electron chi connectivity index (χ2n) is 6.02. The quantitative estimate of drug-likeness (QED) is 0.255. The molecule has 0 radical (unpaired) electrons. The van der Waals surface area contributed by atoms with Gasteiger partial charge in [-0.3, -0.25) is 24.6 Å². The zero-order valence-electron chi connectivity index (χ0n) is 14.5. The van der Waals surface area contributed by atoms with Crippen LogP contribution < -0.4 is 4.74 Å². The third-order valence-electron chi connectivity index (χ3n) is 4.18. The monoisotopic (exact) mass is 368 g/mol. The molecule has 3 rings (SSSR count). The minimum absolute atomic E-state index is 0.0154. The van der Waals surface area contributed by atoms with Gasteiger partial charge in [-0.1, -0.05) is 19.4 Å². The van der Waals surface area contributed by atoms with Crippen LogP contribution >= 0.6 is 0 Å². The second-order valence-corrected chi connectivity index (χ2v) is 6.02. The first-order valence-electron chi connectivity index (χ1n) is 8.39. The molecule has 27 heavy (non-hydrogen) atoms. The first-order chi connectivity index (χ1) is 12.9. The lowest BCUT2D eigenvalue weighted by Gasteiger charge is -2.12. The molecule has 0 saturated heterocycles. The molecule has 0 saturated carbocycles. The van der Waals surface area contributed by atoms with Gasteiger partial charge in [0.25, 0.3) is 17.5 Å². The van der Waals surface area contributed by atoms with Crippen molar-refractivity contribution in [1.29, 1.82) is 0 Å². The van der Waals surface area contributed by atoms with Crippen LogP contribution in [-0.2, 0) is 0 Å². The molecule has 1 heterocycles. The van der Waals surface area contributed by atoms with E-state index in [0.717, 1.165) is 12.5 Å². The smallest absolute Gasteiger partial charge is 0.343 e. The summed E-state index contributed by atoms with van der Waals surface area (Å²) >= 11 is 0. The van der Waals surface area contributed by atoms with Gasteiger partial charge < -0.3 is 4.74 Å². The van der Waals surface area contributed by atoms with E-state index in [9.17, 15) is 24.5 Å². The number of ether oxygens (including phenoxy) is 1. The highest BCUT2D eigenvalue weighted by Crippen LogP contribution is 2.26. The van der Waals surface area contributed by atoms with Gasteiger partial charge in [0.05, 0.1) is 27.7 Å². The van der Waals surface area contributed by atoms with E-state index in [2.05, 4.69) is 0 Å². The summed E-state index contributed by atoms with van der Waals surface area (Å²) in [6.45, 7) is 2.29. The molecular weight excluding hydrogens is 352 g/mol. The van der Waals surface area contributed by atoms with Gasteiger partial charge in [0, 0.05) is 12.6 Å². The number of unbranched alkanes of at least 4 members (excludes halogenated alkanes) is 1. The maximum atomic E-state index is 12.4. The third-order valence-corrected chi connectivity index (χ3v) is 4.18. The molecule has 8 heteroatoms. The molecule has 0 N–H and O–H groups in total. The Labute approximate surface area is 154 Å². The molecule has 0 aromatic heterocycles. The van der Waals surface area contributed by atoms with Gasteiger partial charge in [-0.2, -0.15) is 0 Å². The summed E-state index contributed by atoms with van der Waals surface area (Å²) in [5.41, 5.74) is 0.285. The molecule has 0 aliphatic carbocycles. The number of nitro benzene ring substituents is 1. The van der Waals surface area contributed by atoms with Gasteiger partial charge in [-0.15, -0.1) is 0 Å². The molecule has 2 aromatic rings. The summed E-state index contributed by atoms with van der Waals surface area (Å²) in [4.78, 5) is 48.5. The van der Waals surface area contributed by atoms with E-state index in [1.54, 1.807) is 0 Å². The molecule has 2 aromatic carbocycles. The number of carbonyl (C=O) groups is 3. The number of nitrogens with zero attached hydrogens (tertiary/aromatic N) is 2. The van der Waals surface area contributed by atoms with Gasteiger partial charge in [0.1, 0.15) is 5.75 Å². The predicted octanol–water partition coefficient (Wildman–Crippen LogP) is 3.21. The number of hydrogen-bond acceptors (Lipinski definition) is 6. The van der Waals surface area contributed by atoms with E-state index in [0.29, 0.717) is 13.0 Å². The number of hydrogen-bond donors (Lipinski definition) is 0. The van der Waals surface area contributed by atoms with Crippen LogP contribution in [0.15, 0.2) is 42.5 Å². The van der Waals surface area contributed by atoms with Crippen molar-refractivity contribution in [2.75, 3.05) is 6.54 Å². The highest BCUT2D eigenvalue weighted by Gasteiger charge is 2.35. The van der Waals surface area contributed by atoms with Gasteiger partial charge in [0.15, 0.2) is 0 Å². The number of carbonyl (C=O) groups excluding carboxylic acids is 3. The van der Waals surface area contributed by atoms with Crippen molar-refractivity contribution in [2.24, 2.45) is 0 Å². The Bertz CT molecular complexity index is 953. The standard InChI is InChI=1S/C19H16N2O6/c1-2-3-9-20-17(22)15-8-7-12(10-16(15)18(20)23)19(24)27-14-6-4-5-13(11-14)21(25)26/h4-8,10-11H,2-3,9H2,1H3. The number of benzene rings is 2. The van der Waals surface area contributed by atoms with Crippen molar-refractivity contribution in [1.82, 2.24) is 4.90 Å². The summed E-state index contributed by atoms with van der Waals surface area (Å²) in [6, 6.07) is 9.37. The molecule has 1 aliphatic rings. The number of non-ortho nitro benzene ring substituents is 1. The van der Waals surface area contributed by atoms with Gasteiger partial charge >= 0.3 is 5.97 Å². The summed E-state index contributed by atoms with van der Waals surface area (Å²) in [5, 5.41) is 10.8. The molecule has 0 spiro atoms. The lowest BCUT2D eigenvalue weighted by atomic mass is 10.1.